The van der Waals surface area contributed by atoms with Crippen molar-refractivity contribution in [2.75, 3.05) is 12.3 Å². The van der Waals surface area contributed by atoms with E-state index in [4.69, 9.17) is 10.5 Å². The van der Waals surface area contributed by atoms with Crippen molar-refractivity contribution < 1.29 is 22.7 Å². The minimum absolute atomic E-state index is 0.0191. The summed E-state index contributed by atoms with van der Waals surface area (Å²) in [6.45, 7) is -0.0191. The third-order valence-electron chi connectivity index (χ3n) is 3.69. The molecule has 0 unspecified atom stereocenters. The normalized spacial score (nSPS) is 11.6. The molecule has 0 saturated heterocycles. The van der Waals surface area contributed by atoms with Crippen LogP contribution >= 0.6 is 0 Å². The molecule has 1 aromatic heterocycles. The summed E-state index contributed by atoms with van der Waals surface area (Å²) in [5.74, 6) is -0.139. The van der Waals surface area contributed by atoms with Crippen molar-refractivity contribution in [3.8, 4) is 5.75 Å². The van der Waals surface area contributed by atoms with Crippen LogP contribution in [0.2, 0.25) is 0 Å². The van der Waals surface area contributed by atoms with Crippen LogP contribution in [0.4, 0.5) is 18.9 Å². The first-order chi connectivity index (χ1) is 11.9. The molecule has 25 heavy (non-hydrogen) atoms. The Kier molecular flexibility index (Phi) is 4.39. The third-order valence-corrected chi connectivity index (χ3v) is 3.69. The molecule has 2 aromatic carbocycles. The van der Waals surface area contributed by atoms with Crippen molar-refractivity contribution in [3.63, 3.8) is 0 Å². The molecule has 0 aliphatic heterocycles. The molecule has 0 amide bonds. The highest BCUT2D eigenvalue weighted by molar-refractivity contribution is 5.95. The fourth-order valence-corrected chi connectivity index (χ4v) is 2.60. The third kappa shape index (κ3) is 3.60. The minimum Gasteiger partial charge on any atom is -0.493 e. The number of aromatic nitrogens is 1. The van der Waals surface area contributed by atoms with Gasteiger partial charge in [-0.15, -0.1) is 0 Å². The Bertz CT molecular complexity index is 902. The molecular weight excluding hydrogens is 333 g/mol. The van der Waals surface area contributed by atoms with Crippen LogP contribution in [-0.4, -0.2) is 17.1 Å². The highest BCUT2D eigenvalue weighted by Gasteiger charge is 2.37. The maximum atomic E-state index is 13.3. The average Bonchev–Trinajstić information content (AvgIpc) is 2.94. The lowest BCUT2D eigenvalue weighted by molar-refractivity contribution is -0.142. The van der Waals surface area contributed by atoms with Gasteiger partial charge in [-0.05, 0) is 36.4 Å². The second-order valence-corrected chi connectivity index (χ2v) is 5.49. The Balaban J connectivity index is 1.87. The summed E-state index contributed by atoms with van der Waals surface area (Å²) in [6, 6.07) is 14.0. The summed E-state index contributed by atoms with van der Waals surface area (Å²) >= 11 is 0. The monoisotopic (exact) mass is 348 g/mol. The second kappa shape index (κ2) is 6.51. The van der Waals surface area contributed by atoms with Gasteiger partial charge >= 0.3 is 6.18 Å². The molecule has 0 atom stereocenters. The van der Waals surface area contributed by atoms with Crippen LogP contribution in [0.25, 0.3) is 10.9 Å². The van der Waals surface area contributed by atoms with Crippen LogP contribution in [-0.2, 0) is 6.18 Å². The van der Waals surface area contributed by atoms with E-state index < -0.39 is 17.8 Å². The van der Waals surface area contributed by atoms with Gasteiger partial charge < -0.3 is 10.5 Å². The molecule has 0 saturated carbocycles. The number of para-hydroxylation sites is 1. The van der Waals surface area contributed by atoms with E-state index in [0.717, 1.165) is 6.07 Å². The molecule has 2 N–H and O–H groups in total. The first-order valence-electron chi connectivity index (χ1n) is 7.55. The number of nitrogen functional groups attached to an aromatic ring is 1. The minimum atomic E-state index is -4.65. The second-order valence-electron chi connectivity index (χ2n) is 5.49. The van der Waals surface area contributed by atoms with Crippen molar-refractivity contribution in [1.82, 2.24) is 4.57 Å². The van der Waals surface area contributed by atoms with Gasteiger partial charge in [0.1, 0.15) is 11.4 Å². The number of carbonyl (C=O) groups excluding carboxylic acids is 1. The highest BCUT2D eigenvalue weighted by Crippen LogP contribution is 2.34. The van der Waals surface area contributed by atoms with Crippen LogP contribution in [0.15, 0.2) is 54.6 Å². The van der Waals surface area contributed by atoms with Crippen molar-refractivity contribution in [3.05, 3.63) is 60.3 Å². The number of carbonyl (C=O) groups is 1. The SMILES string of the molecule is Nc1ccc2c(c1)cc(C(F)(F)F)n2C(=O)CCOc1ccccc1. The lowest BCUT2D eigenvalue weighted by Crippen LogP contribution is -2.21. The number of hydrogen-bond donors (Lipinski definition) is 1. The molecule has 0 aliphatic rings. The summed E-state index contributed by atoms with van der Waals surface area (Å²) < 4.78 is 46.0. The smallest absolute Gasteiger partial charge is 0.431 e. The molecule has 130 valence electrons. The lowest BCUT2D eigenvalue weighted by Gasteiger charge is -2.12. The standard InChI is InChI=1S/C18H15F3N2O2/c19-18(20,21)16-11-12-10-13(22)6-7-15(12)23(16)17(24)8-9-25-14-4-2-1-3-5-14/h1-7,10-11H,8-9,22H2. The van der Waals surface area contributed by atoms with Gasteiger partial charge in [0.25, 0.3) is 0 Å². The summed E-state index contributed by atoms with van der Waals surface area (Å²) in [5, 5.41) is 0.268. The number of rotatable bonds is 4. The zero-order chi connectivity index (χ0) is 18.0. The van der Waals surface area contributed by atoms with Crippen LogP contribution in [0.1, 0.15) is 16.9 Å². The van der Waals surface area contributed by atoms with Crippen molar-refractivity contribution >= 4 is 22.5 Å². The van der Waals surface area contributed by atoms with Gasteiger partial charge in [0, 0.05) is 11.1 Å². The fourth-order valence-electron chi connectivity index (χ4n) is 2.60. The topological polar surface area (TPSA) is 57.2 Å². The van der Waals surface area contributed by atoms with Crippen LogP contribution < -0.4 is 10.5 Å². The Morgan fingerprint density at radius 2 is 1.80 bits per heavy atom. The van der Waals surface area contributed by atoms with Crippen molar-refractivity contribution in [2.24, 2.45) is 0 Å². The maximum absolute atomic E-state index is 13.3. The Morgan fingerprint density at radius 3 is 2.48 bits per heavy atom. The van der Waals surface area contributed by atoms with Crippen LogP contribution in [0, 0.1) is 0 Å². The summed E-state index contributed by atoms with van der Waals surface area (Å²) in [6.07, 6.45) is -4.84. The van der Waals surface area contributed by atoms with E-state index in [-0.39, 0.29) is 23.9 Å². The predicted octanol–water partition coefficient (Wildman–Crippen LogP) is 4.35. The van der Waals surface area contributed by atoms with Gasteiger partial charge in [0.2, 0.25) is 5.91 Å². The number of hydrogen-bond acceptors (Lipinski definition) is 3. The number of fused-ring (bicyclic) bond motifs is 1. The number of nitrogens with two attached hydrogens (primary N) is 1. The number of halogens is 3. The maximum Gasteiger partial charge on any atom is 0.431 e. The van der Waals surface area contributed by atoms with Gasteiger partial charge in [-0.2, -0.15) is 13.2 Å². The van der Waals surface area contributed by atoms with E-state index in [9.17, 15) is 18.0 Å². The highest BCUT2D eigenvalue weighted by atomic mass is 19.4. The van der Waals surface area contributed by atoms with Gasteiger partial charge in [-0.25, -0.2) is 0 Å². The number of anilines is 1. The zero-order valence-corrected chi connectivity index (χ0v) is 13.1. The summed E-state index contributed by atoms with van der Waals surface area (Å²) in [4.78, 5) is 12.4. The number of nitrogens with zero attached hydrogens (tertiary/aromatic N) is 1. The largest absolute Gasteiger partial charge is 0.493 e. The Labute approximate surface area is 141 Å². The van der Waals surface area contributed by atoms with Gasteiger partial charge in [-0.3, -0.25) is 9.36 Å². The Hall–Kier alpha value is -2.96. The van der Waals surface area contributed by atoms with E-state index in [2.05, 4.69) is 0 Å². The van der Waals surface area contributed by atoms with Gasteiger partial charge in [0.15, 0.2) is 0 Å². The number of alkyl halides is 3. The lowest BCUT2D eigenvalue weighted by atomic mass is 10.2. The molecule has 0 spiro atoms. The summed E-state index contributed by atoms with van der Waals surface area (Å²) in [5.41, 5.74) is 5.11. The Morgan fingerprint density at radius 1 is 1.08 bits per heavy atom. The molecule has 0 bridgehead atoms. The average molecular weight is 348 g/mol. The molecule has 4 nitrogen and oxygen atoms in total. The molecule has 0 radical (unpaired) electrons. The molecule has 0 fully saturated rings. The fraction of sp³-hybridized carbons (Fsp3) is 0.167. The molecule has 3 rings (SSSR count). The van der Waals surface area contributed by atoms with Gasteiger partial charge in [-0.1, -0.05) is 18.2 Å². The van der Waals surface area contributed by atoms with Gasteiger partial charge in [0.05, 0.1) is 18.5 Å². The first-order valence-corrected chi connectivity index (χ1v) is 7.55. The zero-order valence-electron chi connectivity index (χ0n) is 13.1. The van der Waals surface area contributed by atoms with E-state index in [1.165, 1.54) is 18.2 Å². The number of benzene rings is 2. The van der Waals surface area contributed by atoms with E-state index in [1.807, 2.05) is 6.07 Å². The predicted molar refractivity (Wildman–Crippen MR) is 88.5 cm³/mol. The quantitative estimate of drug-likeness (QED) is 0.713. The first kappa shape index (κ1) is 16.9. The van der Waals surface area contributed by atoms with Crippen molar-refractivity contribution in [1.29, 1.82) is 0 Å². The van der Waals surface area contributed by atoms with E-state index in [1.54, 1.807) is 24.3 Å². The molecule has 3 aromatic rings. The molecule has 0 aliphatic carbocycles. The van der Waals surface area contributed by atoms with Crippen molar-refractivity contribution in [2.45, 2.75) is 12.6 Å². The van der Waals surface area contributed by atoms with Crippen LogP contribution in [0.3, 0.4) is 0 Å². The molecule has 1 heterocycles. The van der Waals surface area contributed by atoms with E-state index >= 15 is 0 Å². The summed E-state index contributed by atoms with van der Waals surface area (Å²) in [7, 11) is 0. The molecular formula is C18H15F3N2O2. The van der Waals surface area contributed by atoms with Crippen LogP contribution in [0.5, 0.6) is 5.75 Å². The molecule has 7 heteroatoms. The van der Waals surface area contributed by atoms with E-state index in [0.29, 0.717) is 16.0 Å². The number of ether oxygens (including phenoxy) is 1.